The summed E-state index contributed by atoms with van der Waals surface area (Å²) >= 11 is 0. The van der Waals surface area contributed by atoms with Crippen LogP contribution >= 0.6 is 0 Å². The van der Waals surface area contributed by atoms with Crippen molar-refractivity contribution in [3.63, 3.8) is 0 Å². The molecule has 0 aliphatic rings. The maximum Gasteiger partial charge on any atom is 0.272 e. The molecule has 0 aliphatic carbocycles. The fraction of sp³-hybridized carbons (Fsp3) is 0.235. The molecule has 132 valence electrons. The first-order chi connectivity index (χ1) is 11.9. The summed E-state index contributed by atoms with van der Waals surface area (Å²) in [4.78, 5) is 16.0. The molecule has 1 aromatic heterocycles. The third kappa shape index (κ3) is 5.20. The third-order valence-electron chi connectivity index (χ3n) is 3.37. The highest BCUT2D eigenvalue weighted by molar-refractivity contribution is 7.89. The van der Waals surface area contributed by atoms with Crippen LogP contribution in [0.3, 0.4) is 0 Å². The van der Waals surface area contributed by atoms with E-state index in [1.807, 2.05) is 6.92 Å². The van der Waals surface area contributed by atoms with Gasteiger partial charge >= 0.3 is 0 Å². The van der Waals surface area contributed by atoms with Gasteiger partial charge in [0.25, 0.3) is 5.91 Å². The molecule has 8 heteroatoms. The van der Waals surface area contributed by atoms with Gasteiger partial charge < -0.3 is 0 Å². The molecular formula is C17H20N4O3S. The SMILES string of the molecule is CCCNS(=O)(=O)c1ccc(/C(C)=N\NC(=O)c2cccnc2)cc1. The number of pyridine rings is 1. The van der Waals surface area contributed by atoms with Crippen LogP contribution in [0.5, 0.6) is 0 Å². The summed E-state index contributed by atoms with van der Waals surface area (Å²) in [5, 5.41) is 4.04. The van der Waals surface area contributed by atoms with Crippen molar-refractivity contribution < 1.29 is 13.2 Å². The standard InChI is InChI=1S/C17H20N4O3S/c1-3-10-19-25(23,24)16-8-6-14(7-9-16)13(2)20-21-17(22)15-5-4-11-18-12-15/h4-9,11-12,19H,3,10H2,1-2H3,(H,21,22)/b20-13-. The number of carbonyl (C=O) groups excluding carboxylic acids is 1. The van der Waals surface area contributed by atoms with E-state index < -0.39 is 10.0 Å². The van der Waals surface area contributed by atoms with Gasteiger partial charge in [-0.15, -0.1) is 0 Å². The molecule has 0 saturated carbocycles. The second kappa shape index (κ2) is 8.50. The maximum atomic E-state index is 12.0. The van der Waals surface area contributed by atoms with Gasteiger partial charge in [0, 0.05) is 18.9 Å². The predicted octanol–water partition coefficient (Wildman–Crippen LogP) is 1.92. The Bertz CT molecular complexity index is 847. The number of sulfonamides is 1. The number of nitrogens with one attached hydrogen (secondary N) is 2. The van der Waals surface area contributed by atoms with Crippen LogP contribution < -0.4 is 10.1 Å². The van der Waals surface area contributed by atoms with Crippen LogP contribution in [-0.2, 0) is 10.0 Å². The summed E-state index contributed by atoms with van der Waals surface area (Å²) < 4.78 is 26.6. The zero-order chi connectivity index (χ0) is 18.3. The second-order valence-corrected chi connectivity index (χ2v) is 7.07. The van der Waals surface area contributed by atoms with Gasteiger partial charge in [0.15, 0.2) is 0 Å². The number of hydrogen-bond donors (Lipinski definition) is 2. The lowest BCUT2D eigenvalue weighted by Gasteiger charge is -2.07. The van der Waals surface area contributed by atoms with Gasteiger partial charge in [0.2, 0.25) is 10.0 Å². The molecule has 1 heterocycles. The number of nitrogens with zero attached hydrogens (tertiary/aromatic N) is 2. The summed E-state index contributed by atoms with van der Waals surface area (Å²) in [6.45, 7) is 4.01. The van der Waals surface area contributed by atoms with Gasteiger partial charge in [0.05, 0.1) is 16.2 Å². The minimum absolute atomic E-state index is 0.192. The average Bonchev–Trinajstić information content (AvgIpc) is 2.65. The van der Waals surface area contributed by atoms with Crippen LogP contribution in [0.25, 0.3) is 0 Å². The first kappa shape index (κ1) is 18.8. The Morgan fingerprint density at radius 2 is 1.88 bits per heavy atom. The van der Waals surface area contributed by atoms with Crippen molar-refractivity contribution in [1.82, 2.24) is 15.1 Å². The van der Waals surface area contributed by atoms with Crippen molar-refractivity contribution in [2.45, 2.75) is 25.2 Å². The molecule has 1 aromatic carbocycles. The number of aromatic nitrogens is 1. The number of hydrazone groups is 1. The van der Waals surface area contributed by atoms with Crippen LogP contribution in [0.1, 0.15) is 36.2 Å². The lowest BCUT2D eigenvalue weighted by molar-refractivity contribution is 0.0954. The van der Waals surface area contributed by atoms with Crippen molar-refractivity contribution in [3.8, 4) is 0 Å². The van der Waals surface area contributed by atoms with E-state index >= 15 is 0 Å². The Labute approximate surface area is 147 Å². The Kier molecular flexibility index (Phi) is 6.37. The molecule has 25 heavy (non-hydrogen) atoms. The van der Waals surface area contributed by atoms with Crippen LogP contribution in [-0.4, -0.2) is 31.6 Å². The number of benzene rings is 1. The predicted molar refractivity (Wildman–Crippen MR) is 95.8 cm³/mol. The monoisotopic (exact) mass is 360 g/mol. The Hall–Kier alpha value is -2.58. The van der Waals surface area contributed by atoms with E-state index in [1.165, 1.54) is 18.3 Å². The molecule has 0 fully saturated rings. The number of rotatable bonds is 7. The lowest BCUT2D eigenvalue weighted by atomic mass is 10.1. The number of carbonyl (C=O) groups is 1. The van der Waals surface area contributed by atoms with Crippen LogP contribution in [0.15, 0.2) is 58.8 Å². The van der Waals surface area contributed by atoms with Gasteiger partial charge in [0.1, 0.15) is 0 Å². The maximum absolute atomic E-state index is 12.0. The topological polar surface area (TPSA) is 101 Å². The average molecular weight is 360 g/mol. The van der Waals surface area contributed by atoms with Crippen molar-refractivity contribution in [1.29, 1.82) is 0 Å². The van der Waals surface area contributed by atoms with Gasteiger partial charge in [-0.3, -0.25) is 9.78 Å². The molecule has 0 bridgehead atoms. The molecule has 2 aromatic rings. The highest BCUT2D eigenvalue weighted by Crippen LogP contribution is 2.11. The molecule has 0 aliphatic heterocycles. The van der Waals surface area contributed by atoms with Crippen LogP contribution in [0, 0.1) is 0 Å². The number of amides is 1. The highest BCUT2D eigenvalue weighted by atomic mass is 32.2. The van der Waals surface area contributed by atoms with E-state index in [9.17, 15) is 13.2 Å². The van der Waals surface area contributed by atoms with Crippen molar-refractivity contribution in [2.75, 3.05) is 6.54 Å². The van der Waals surface area contributed by atoms with Crippen molar-refractivity contribution in [3.05, 3.63) is 59.9 Å². The fourth-order valence-corrected chi connectivity index (χ4v) is 3.09. The molecule has 0 spiro atoms. The quantitative estimate of drug-likeness (QED) is 0.582. The molecule has 1 amide bonds. The van der Waals surface area contributed by atoms with E-state index in [-0.39, 0.29) is 10.8 Å². The normalized spacial score (nSPS) is 12.0. The lowest BCUT2D eigenvalue weighted by Crippen LogP contribution is -2.24. The van der Waals surface area contributed by atoms with Crippen LogP contribution in [0.4, 0.5) is 0 Å². The second-order valence-electron chi connectivity index (χ2n) is 5.30. The minimum Gasteiger partial charge on any atom is -0.267 e. The van der Waals surface area contributed by atoms with Gasteiger partial charge in [-0.1, -0.05) is 19.1 Å². The molecular weight excluding hydrogens is 340 g/mol. The third-order valence-corrected chi connectivity index (χ3v) is 4.85. The largest absolute Gasteiger partial charge is 0.272 e. The van der Waals surface area contributed by atoms with Crippen molar-refractivity contribution in [2.24, 2.45) is 5.10 Å². The fourth-order valence-electron chi connectivity index (χ4n) is 1.96. The first-order valence-electron chi connectivity index (χ1n) is 7.79. The molecule has 0 radical (unpaired) electrons. The van der Waals surface area contributed by atoms with Gasteiger partial charge in [-0.05, 0) is 43.2 Å². The summed E-state index contributed by atoms with van der Waals surface area (Å²) in [7, 11) is -3.49. The van der Waals surface area contributed by atoms with E-state index in [0.717, 1.165) is 6.42 Å². The molecule has 0 atom stereocenters. The van der Waals surface area contributed by atoms with Gasteiger partial charge in [-0.2, -0.15) is 5.10 Å². The summed E-state index contributed by atoms with van der Waals surface area (Å²) in [6.07, 6.45) is 3.75. The van der Waals surface area contributed by atoms with E-state index in [2.05, 4.69) is 20.2 Å². The Morgan fingerprint density at radius 1 is 1.16 bits per heavy atom. The highest BCUT2D eigenvalue weighted by Gasteiger charge is 2.13. The van der Waals surface area contributed by atoms with Crippen LogP contribution in [0.2, 0.25) is 0 Å². The smallest absolute Gasteiger partial charge is 0.267 e. The Morgan fingerprint density at radius 3 is 2.48 bits per heavy atom. The molecule has 0 unspecified atom stereocenters. The zero-order valence-electron chi connectivity index (χ0n) is 14.1. The Balaban J connectivity index is 2.07. The van der Waals surface area contributed by atoms with E-state index in [4.69, 9.17) is 0 Å². The molecule has 2 N–H and O–H groups in total. The summed E-state index contributed by atoms with van der Waals surface area (Å²) in [6, 6.07) is 9.61. The number of hydrogen-bond acceptors (Lipinski definition) is 5. The molecule has 2 rings (SSSR count). The van der Waals surface area contributed by atoms with Gasteiger partial charge in [-0.25, -0.2) is 18.6 Å². The van der Waals surface area contributed by atoms with E-state index in [0.29, 0.717) is 23.4 Å². The first-order valence-corrected chi connectivity index (χ1v) is 9.27. The summed E-state index contributed by atoms with van der Waals surface area (Å²) in [5.41, 5.74) is 4.12. The van der Waals surface area contributed by atoms with Crippen molar-refractivity contribution >= 4 is 21.6 Å². The molecule has 0 saturated heterocycles. The molecule has 7 nitrogen and oxygen atoms in total. The van der Waals surface area contributed by atoms with E-state index in [1.54, 1.807) is 37.4 Å². The summed E-state index contributed by atoms with van der Waals surface area (Å²) in [5.74, 6) is -0.365. The minimum atomic E-state index is -3.49. The zero-order valence-corrected chi connectivity index (χ0v) is 14.9.